The molecule has 0 saturated carbocycles. The maximum atomic E-state index is 13.1. The first kappa shape index (κ1) is 98.2. The molecule has 3 N–H and O–H groups in total. The molecule has 17 nitrogen and oxygen atoms in total. The molecule has 0 radical (unpaired) electrons. The summed E-state index contributed by atoms with van der Waals surface area (Å²) in [6.45, 7) is 4.75. The Balaban J connectivity index is 5.38. The van der Waals surface area contributed by atoms with E-state index in [2.05, 4.69) is 113 Å². The topological polar surface area (TPSA) is 237 Å². The lowest BCUT2D eigenvalue weighted by molar-refractivity contribution is -0.161. The summed E-state index contributed by atoms with van der Waals surface area (Å²) in [5.41, 5.74) is 0. The third kappa shape index (κ3) is 74.5. The van der Waals surface area contributed by atoms with E-state index in [9.17, 15) is 43.2 Å². The van der Waals surface area contributed by atoms with Crippen molar-refractivity contribution in [1.82, 2.24) is 0 Å². The number of phosphoric acid groups is 2. The van der Waals surface area contributed by atoms with Crippen molar-refractivity contribution in [1.29, 1.82) is 0 Å². The van der Waals surface area contributed by atoms with Crippen LogP contribution in [0.25, 0.3) is 0 Å². The minimum atomic E-state index is -4.98. The number of hydrogen-bond donors (Lipinski definition) is 3. The van der Waals surface area contributed by atoms with E-state index >= 15 is 0 Å². The van der Waals surface area contributed by atoms with Crippen LogP contribution in [0.5, 0.6) is 0 Å². The summed E-state index contributed by atoms with van der Waals surface area (Å²) in [4.78, 5) is 73.0. The molecule has 19 heteroatoms. The fourth-order valence-corrected chi connectivity index (χ4v) is 12.7. The summed E-state index contributed by atoms with van der Waals surface area (Å²) in [7, 11) is -9.96. The molecule has 0 spiro atoms. The molecule has 5 atom stereocenters. The van der Waals surface area contributed by atoms with Crippen molar-refractivity contribution in [2.75, 3.05) is 39.6 Å². The molecule has 0 amide bonds. The molecule has 2 unspecified atom stereocenters. The lowest BCUT2D eigenvalue weighted by atomic mass is 10.0. The van der Waals surface area contributed by atoms with Gasteiger partial charge in [0.2, 0.25) is 0 Å². The Morgan fingerprint density at radius 2 is 0.510 bits per heavy atom. The molecule has 102 heavy (non-hydrogen) atoms. The molecular weight excluding hydrogens is 1330 g/mol. The van der Waals surface area contributed by atoms with Gasteiger partial charge in [-0.15, -0.1) is 0 Å². The zero-order chi connectivity index (χ0) is 74.6. The van der Waals surface area contributed by atoms with Gasteiger partial charge in [0.15, 0.2) is 12.2 Å². The van der Waals surface area contributed by atoms with Crippen LogP contribution in [0.3, 0.4) is 0 Å². The normalized spacial score (nSPS) is 14.3. The number of carbonyl (C=O) groups excluding carboxylic acids is 4. The van der Waals surface area contributed by atoms with Gasteiger partial charge in [-0.1, -0.05) is 299 Å². The predicted molar refractivity (Wildman–Crippen MR) is 418 cm³/mol. The number of hydrogen-bond acceptors (Lipinski definition) is 15. The van der Waals surface area contributed by atoms with Crippen LogP contribution in [0, 0.1) is 0 Å². The highest BCUT2D eigenvalue weighted by Crippen LogP contribution is 2.45. The van der Waals surface area contributed by atoms with Crippen LogP contribution in [0.2, 0.25) is 0 Å². The highest BCUT2D eigenvalue weighted by atomic mass is 31.2. The number of aliphatic hydroxyl groups excluding tert-OH is 1. The Hall–Kier alpha value is -3.76. The summed E-state index contributed by atoms with van der Waals surface area (Å²) in [5, 5.41) is 10.6. The Bertz CT molecular complexity index is 2260. The third-order valence-corrected chi connectivity index (χ3v) is 19.2. The van der Waals surface area contributed by atoms with Gasteiger partial charge in [-0.25, -0.2) is 9.13 Å². The fourth-order valence-electron chi connectivity index (χ4n) is 11.1. The molecule has 0 aliphatic carbocycles. The number of ether oxygens (including phenoxy) is 4. The molecular formula is C83H148O17P2. The monoisotopic (exact) mass is 1480 g/mol. The second-order valence-electron chi connectivity index (χ2n) is 27.3. The molecule has 0 aromatic heterocycles. The van der Waals surface area contributed by atoms with Gasteiger partial charge in [-0.05, 0) is 122 Å². The summed E-state index contributed by atoms with van der Waals surface area (Å²) >= 11 is 0. The average molecular weight is 1480 g/mol. The van der Waals surface area contributed by atoms with E-state index in [0.717, 1.165) is 161 Å². The molecule has 0 aromatic carbocycles. The molecule has 0 aromatic rings. The molecule has 0 bridgehead atoms. The first-order chi connectivity index (χ1) is 49.7. The number of aliphatic hydroxyl groups is 1. The van der Waals surface area contributed by atoms with Gasteiger partial charge in [0, 0.05) is 25.7 Å². The average Bonchev–Trinajstić information content (AvgIpc) is 1.21. The molecule has 0 saturated heterocycles. The number of allylic oxidation sites excluding steroid dienone is 14. The number of phosphoric ester groups is 2. The number of rotatable bonds is 77. The lowest BCUT2D eigenvalue weighted by Gasteiger charge is -2.21. The Morgan fingerprint density at radius 1 is 0.284 bits per heavy atom. The Kier molecular flexibility index (Phi) is 72.7. The van der Waals surface area contributed by atoms with Crippen LogP contribution in [0.4, 0.5) is 0 Å². The van der Waals surface area contributed by atoms with Crippen LogP contribution < -0.4 is 0 Å². The minimum Gasteiger partial charge on any atom is -0.462 e. The van der Waals surface area contributed by atoms with Crippen molar-refractivity contribution in [3.05, 3.63) is 85.1 Å². The SMILES string of the molecule is CC/C=C\C/C=C\C/C=C\C/C=C\C/C=C\CCCCCC(=O)O[C@H](COC(=O)CCCCCCCCC/C=C\CCCCCC)COP(=O)(O)OC[C@@H](O)COP(=O)(O)OC[C@@H](COC(=O)CCCCCCCCCCCCCCC)OC(=O)CCCCCCCCC/C=C\CCCCCC. The zero-order valence-corrected chi connectivity index (χ0v) is 66.6. The molecule has 0 rings (SSSR count). The highest BCUT2D eigenvalue weighted by Gasteiger charge is 2.30. The standard InChI is InChI=1S/C83H148O17P2/c1-5-9-13-17-21-25-29-33-36-37-38-39-42-46-50-54-58-62-66-70-83(88)100-79(74-94-81(86)68-64-60-56-52-48-44-40-34-30-26-22-18-14-10-6-2)76-98-102(91,92)96-72-77(84)71-95-101(89,90)97-75-78(73-93-80(85)67-63-59-55-51-47-43-32-28-24-20-16-12-8-4)99-82(87)69-65-61-57-53-49-45-41-35-31-27-23-19-15-11-7-3/h9,13,21,25-27,30-31,33,36,38-39,46,50,77-79,84H,5-8,10-12,14-20,22-24,28-29,32,34-35,37,40-45,47-49,51-76H2,1-4H3,(H,89,90)(H,91,92)/b13-9-,25-21-,30-26-,31-27-,36-33-,39-38-,50-46-/t77-,78+,79+/m0/s1. The molecule has 0 fully saturated rings. The van der Waals surface area contributed by atoms with E-state index in [0.29, 0.717) is 25.7 Å². The van der Waals surface area contributed by atoms with Gasteiger partial charge in [0.25, 0.3) is 0 Å². The predicted octanol–water partition coefficient (Wildman–Crippen LogP) is 23.8. The number of carbonyl (C=O) groups is 4. The number of unbranched alkanes of at least 4 members (excludes halogenated alkanes) is 37. The van der Waals surface area contributed by atoms with Crippen LogP contribution in [0.1, 0.15) is 362 Å². The van der Waals surface area contributed by atoms with Crippen molar-refractivity contribution in [3.8, 4) is 0 Å². The van der Waals surface area contributed by atoms with E-state index in [1.807, 2.05) is 0 Å². The van der Waals surface area contributed by atoms with Crippen LogP contribution in [-0.2, 0) is 65.4 Å². The number of esters is 4. The summed E-state index contributed by atoms with van der Waals surface area (Å²) in [6, 6.07) is 0. The second kappa shape index (κ2) is 75.5. The largest absolute Gasteiger partial charge is 0.472 e. The minimum absolute atomic E-state index is 0.0566. The lowest BCUT2D eigenvalue weighted by Crippen LogP contribution is -2.30. The zero-order valence-electron chi connectivity index (χ0n) is 64.8. The van der Waals surface area contributed by atoms with E-state index in [-0.39, 0.29) is 25.7 Å². The van der Waals surface area contributed by atoms with Gasteiger partial charge in [-0.2, -0.15) is 0 Å². The summed E-state index contributed by atoms with van der Waals surface area (Å²) in [6.07, 6.45) is 78.4. The van der Waals surface area contributed by atoms with E-state index in [1.165, 1.54) is 122 Å². The van der Waals surface area contributed by atoms with E-state index in [4.69, 9.17) is 37.0 Å². The van der Waals surface area contributed by atoms with Crippen LogP contribution in [-0.4, -0.2) is 96.7 Å². The van der Waals surface area contributed by atoms with Gasteiger partial charge < -0.3 is 33.8 Å². The van der Waals surface area contributed by atoms with Crippen molar-refractivity contribution in [3.63, 3.8) is 0 Å². The van der Waals surface area contributed by atoms with E-state index in [1.54, 1.807) is 0 Å². The quantitative estimate of drug-likeness (QED) is 0.0169. The Morgan fingerprint density at radius 3 is 0.814 bits per heavy atom. The van der Waals surface area contributed by atoms with Gasteiger partial charge >= 0.3 is 39.5 Å². The Labute approximate surface area is 621 Å². The van der Waals surface area contributed by atoms with Crippen molar-refractivity contribution in [2.45, 2.75) is 380 Å². The van der Waals surface area contributed by atoms with E-state index < -0.39 is 97.5 Å². The first-order valence-corrected chi connectivity index (χ1v) is 43.8. The maximum absolute atomic E-state index is 13.1. The maximum Gasteiger partial charge on any atom is 0.472 e. The first-order valence-electron chi connectivity index (χ1n) is 40.8. The van der Waals surface area contributed by atoms with Gasteiger partial charge in [0.1, 0.15) is 19.3 Å². The molecule has 0 heterocycles. The summed E-state index contributed by atoms with van der Waals surface area (Å²) in [5.74, 6) is -2.19. The van der Waals surface area contributed by atoms with Crippen LogP contribution >= 0.6 is 15.6 Å². The second-order valence-corrected chi connectivity index (χ2v) is 30.2. The van der Waals surface area contributed by atoms with Gasteiger partial charge in [0.05, 0.1) is 26.4 Å². The highest BCUT2D eigenvalue weighted by molar-refractivity contribution is 7.47. The van der Waals surface area contributed by atoms with Crippen LogP contribution in [0.15, 0.2) is 85.1 Å². The summed E-state index contributed by atoms with van der Waals surface area (Å²) < 4.78 is 68.6. The molecule has 0 aliphatic rings. The van der Waals surface area contributed by atoms with Crippen molar-refractivity contribution in [2.24, 2.45) is 0 Å². The smallest absolute Gasteiger partial charge is 0.462 e. The van der Waals surface area contributed by atoms with Crippen molar-refractivity contribution >= 4 is 39.5 Å². The third-order valence-electron chi connectivity index (χ3n) is 17.3. The fraction of sp³-hybridized carbons (Fsp3) is 0.783. The van der Waals surface area contributed by atoms with Gasteiger partial charge in [-0.3, -0.25) is 37.3 Å². The van der Waals surface area contributed by atoms with Crippen molar-refractivity contribution < 1.29 is 80.2 Å². The molecule has 0 aliphatic heterocycles. The molecule has 592 valence electrons.